The molecule has 1 amide bonds. The smallest absolute Gasteiger partial charge is 0.261 e. The first kappa shape index (κ1) is 23.2. The van der Waals surface area contributed by atoms with Crippen LogP contribution < -0.4 is 5.56 Å². The van der Waals surface area contributed by atoms with Gasteiger partial charge >= 0.3 is 0 Å². The molecule has 1 aromatic heterocycles. The quantitative estimate of drug-likeness (QED) is 0.448. The zero-order chi connectivity index (χ0) is 24.5. The Hall–Kier alpha value is -3.52. The highest BCUT2D eigenvalue weighted by Crippen LogP contribution is 2.33. The Kier molecular flexibility index (Phi) is 6.38. The Morgan fingerprint density at radius 2 is 1.51 bits per heavy atom. The Morgan fingerprint density at radius 3 is 2.17 bits per heavy atom. The number of likely N-dealkylation sites (tertiary alicyclic amines) is 1. The molecule has 0 aliphatic carbocycles. The molecule has 3 atom stereocenters. The summed E-state index contributed by atoms with van der Waals surface area (Å²) in [5, 5.41) is 22.5. The van der Waals surface area contributed by atoms with Gasteiger partial charge in [0.1, 0.15) is 18.0 Å². The van der Waals surface area contributed by atoms with Gasteiger partial charge in [-0.15, -0.1) is 0 Å². The summed E-state index contributed by atoms with van der Waals surface area (Å²) >= 11 is 6.19. The number of carbonyl (C=O) groups excluding carboxylic acids is 1. The molecular weight excluding hydrogens is 466 g/mol. The molecule has 1 fully saturated rings. The molecule has 0 radical (unpaired) electrons. The van der Waals surface area contributed by atoms with Gasteiger partial charge in [0.2, 0.25) is 5.91 Å². The summed E-state index contributed by atoms with van der Waals surface area (Å²) in [7, 11) is 0. The fraction of sp³-hybridized carbons (Fsp3) is 0.222. The van der Waals surface area contributed by atoms with E-state index in [2.05, 4.69) is 0 Å². The second-order valence-corrected chi connectivity index (χ2v) is 9.16. The van der Waals surface area contributed by atoms with Gasteiger partial charge in [0, 0.05) is 11.6 Å². The van der Waals surface area contributed by atoms with E-state index in [1.165, 1.54) is 9.47 Å². The summed E-state index contributed by atoms with van der Waals surface area (Å²) in [6.07, 6.45) is -2.83. The number of halogens is 1. The van der Waals surface area contributed by atoms with Crippen LogP contribution in [0.15, 0.2) is 83.7 Å². The lowest BCUT2D eigenvalue weighted by Gasteiger charge is -2.41. The molecule has 178 valence electrons. The van der Waals surface area contributed by atoms with Gasteiger partial charge in [-0.05, 0) is 29.3 Å². The summed E-state index contributed by atoms with van der Waals surface area (Å²) in [6, 6.07) is 22.6. The van der Waals surface area contributed by atoms with Crippen LogP contribution in [0.25, 0.3) is 10.9 Å². The first-order valence-corrected chi connectivity index (χ1v) is 11.7. The lowest BCUT2D eigenvalue weighted by Crippen LogP contribution is -2.53. The fourth-order valence-electron chi connectivity index (χ4n) is 4.58. The monoisotopic (exact) mass is 489 g/mol. The van der Waals surface area contributed by atoms with E-state index in [4.69, 9.17) is 16.6 Å². The van der Waals surface area contributed by atoms with Crippen molar-refractivity contribution in [1.82, 2.24) is 14.5 Å². The van der Waals surface area contributed by atoms with Crippen molar-refractivity contribution < 1.29 is 15.0 Å². The van der Waals surface area contributed by atoms with Crippen molar-refractivity contribution in [2.24, 2.45) is 0 Å². The van der Waals surface area contributed by atoms with E-state index in [0.29, 0.717) is 15.9 Å². The van der Waals surface area contributed by atoms with Crippen molar-refractivity contribution in [2.75, 3.05) is 0 Å². The maximum absolute atomic E-state index is 13.7. The SMILES string of the molecule is O=C1CC(O)C(O)C(c2nc3cc(Cl)ccc3c(=O)n2Cc2ccccc2)N1Cc1ccccc1. The molecule has 8 heteroatoms. The van der Waals surface area contributed by atoms with E-state index in [0.717, 1.165) is 11.1 Å². The van der Waals surface area contributed by atoms with Crippen molar-refractivity contribution in [1.29, 1.82) is 0 Å². The van der Waals surface area contributed by atoms with Gasteiger partial charge in [-0.1, -0.05) is 72.3 Å². The van der Waals surface area contributed by atoms with Crippen LogP contribution in [-0.2, 0) is 17.9 Å². The van der Waals surface area contributed by atoms with Gasteiger partial charge in [0.25, 0.3) is 5.56 Å². The number of aliphatic hydroxyl groups excluding tert-OH is 2. The zero-order valence-electron chi connectivity index (χ0n) is 18.8. The minimum Gasteiger partial charge on any atom is -0.390 e. The average molecular weight is 490 g/mol. The second-order valence-electron chi connectivity index (χ2n) is 8.72. The lowest BCUT2D eigenvalue weighted by atomic mass is 9.93. The first-order valence-electron chi connectivity index (χ1n) is 11.4. The van der Waals surface area contributed by atoms with Gasteiger partial charge in [0.15, 0.2) is 0 Å². The molecule has 35 heavy (non-hydrogen) atoms. The van der Waals surface area contributed by atoms with E-state index in [-0.39, 0.29) is 36.8 Å². The number of fused-ring (bicyclic) bond motifs is 1. The number of piperidine rings is 1. The summed E-state index contributed by atoms with van der Waals surface area (Å²) in [6.45, 7) is 0.385. The van der Waals surface area contributed by atoms with Gasteiger partial charge in [0.05, 0.1) is 30.0 Å². The van der Waals surface area contributed by atoms with Crippen molar-refractivity contribution in [3.63, 3.8) is 0 Å². The maximum Gasteiger partial charge on any atom is 0.261 e. The van der Waals surface area contributed by atoms with Crippen molar-refractivity contribution in [3.05, 3.63) is 111 Å². The number of hydrogen-bond donors (Lipinski definition) is 2. The van der Waals surface area contributed by atoms with Crippen molar-refractivity contribution in [2.45, 2.75) is 37.8 Å². The van der Waals surface area contributed by atoms with Gasteiger partial charge in [-0.25, -0.2) is 4.98 Å². The van der Waals surface area contributed by atoms with E-state index < -0.39 is 18.2 Å². The minimum absolute atomic E-state index is 0.188. The number of aromatic nitrogens is 2. The predicted molar refractivity (Wildman–Crippen MR) is 133 cm³/mol. The number of benzene rings is 3. The Morgan fingerprint density at radius 1 is 0.886 bits per heavy atom. The molecule has 0 bridgehead atoms. The summed E-state index contributed by atoms with van der Waals surface area (Å²) in [4.78, 5) is 33.0. The van der Waals surface area contributed by atoms with Gasteiger partial charge in [-0.3, -0.25) is 14.2 Å². The lowest BCUT2D eigenvalue weighted by molar-refractivity contribution is -0.155. The topological polar surface area (TPSA) is 95.7 Å². The van der Waals surface area contributed by atoms with Crippen LogP contribution in [-0.4, -0.2) is 42.8 Å². The molecule has 3 unspecified atom stereocenters. The van der Waals surface area contributed by atoms with E-state index in [9.17, 15) is 19.8 Å². The molecule has 2 heterocycles. The maximum atomic E-state index is 13.7. The molecule has 4 aromatic rings. The molecule has 1 aliphatic heterocycles. The van der Waals surface area contributed by atoms with E-state index in [1.807, 2.05) is 60.7 Å². The first-order chi connectivity index (χ1) is 16.9. The molecule has 5 rings (SSSR count). The summed E-state index contributed by atoms with van der Waals surface area (Å²) in [5.41, 5.74) is 1.76. The van der Waals surface area contributed by atoms with Crippen LogP contribution in [0.4, 0.5) is 0 Å². The van der Waals surface area contributed by atoms with Crippen LogP contribution in [0, 0.1) is 0 Å². The number of hydrogen-bond acceptors (Lipinski definition) is 5. The third kappa shape index (κ3) is 4.58. The molecule has 0 spiro atoms. The van der Waals surface area contributed by atoms with Crippen LogP contribution >= 0.6 is 11.6 Å². The van der Waals surface area contributed by atoms with Gasteiger partial charge in [-0.2, -0.15) is 0 Å². The number of carbonyl (C=O) groups is 1. The van der Waals surface area contributed by atoms with Crippen LogP contribution in [0.2, 0.25) is 5.02 Å². The zero-order valence-corrected chi connectivity index (χ0v) is 19.5. The molecule has 1 aliphatic rings. The molecule has 2 N–H and O–H groups in total. The van der Waals surface area contributed by atoms with Crippen molar-refractivity contribution >= 4 is 28.4 Å². The second kappa shape index (κ2) is 9.62. The molecular formula is C27H24ClN3O4. The third-order valence-corrected chi connectivity index (χ3v) is 6.58. The predicted octanol–water partition coefficient (Wildman–Crippen LogP) is 3.29. The van der Waals surface area contributed by atoms with E-state index in [1.54, 1.807) is 18.2 Å². The van der Waals surface area contributed by atoms with Gasteiger partial charge < -0.3 is 15.1 Å². The Bertz CT molecular complexity index is 1430. The molecule has 0 saturated carbocycles. The number of rotatable bonds is 5. The number of nitrogens with zero attached hydrogens (tertiary/aromatic N) is 3. The highest BCUT2D eigenvalue weighted by Gasteiger charge is 2.43. The number of amides is 1. The standard InChI is InChI=1S/C27H24ClN3O4/c28-19-11-12-20-21(13-19)29-26(31(27(20)35)16-18-9-5-2-6-10-18)24-25(34)22(32)14-23(33)30(24)15-17-7-3-1-4-8-17/h1-13,22,24-25,32,34H,14-16H2. The Labute approximate surface area is 206 Å². The van der Waals surface area contributed by atoms with Crippen LogP contribution in [0.5, 0.6) is 0 Å². The van der Waals surface area contributed by atoms with Crippen LogP contribution in [0.3, 0.4) is 0 Å². The molecule has 3 aromatic carbocycles. The highest BCUT2D eigenvalue weighted by atomic mass is 35.5. The molecule has 1 saturated heterocycles. The highest BCUT2D eigenvalue weighted by molar-refractivity contribution is 6.31. The summed E-state index contributed by atoms with van der Waals surface area (Å²) < 4.78 is 1.47. The summed E-state index contributed by atoms with van der Waals surface area (Å²) in [5.74, 6) is -0.132. The normalized spacial score (nSPS) is 20.4. The largest absolute Gasteiger partial charge is 0.390 e. The molecule has 7 nitrogen and oxygen atoms in total. The number of aliphatic hydroxyl groups is 2. The van der Waals surface area contributed by atoms with Crippen molar-refractivity contribution in [3.8, 4) is 0 Å². The van der Waals surface area contributed by atoms with Crippen LogP contribution in [0.1, 0.15) is 29.4 Å². The fourth-order valence-corrected chi connectivity index (χ4v) is 4.75. The van der Waals surface area contributed by atoms with E-state index >= 15 is 0 Å². The Balaban J connectivity index is 1.71. The minimum atomic E-state index is -1.33. The average Bonchev–Trinajstić information content (AvgIpc) is 2.86. The third-order valence-electron chi connectivity index (χ3n) is 6.35.